The van der Waals surface area contributed by atoms with E-state index in [9.17, 15) is 9.59 Å². The third-order valence-corrected chi connectivity index (χ3v) is 5.14. The van der Waals surface area contributed by atoms with E-state index in [1.165, 1.54) is 11.2 Å². The highest BCUT2D eigenvalue weighted by atomic mass is 16.3. The van der Waals surface area contributed by atoms with Gasteiger partial charge >= 0.3 is 0 Å². The SMILES string of the molecule is CN(Cc1cn(-c2ccccc2)nc1-c1ccccc1)C(=O)CN(C)C(=O)c1ccco1. The van der Waals surface area contributed by atoms with Crippen LogP contribution in [0.3, 0.4) is 0 Å². The Morgan fingerprint density at radius 1 is 0.906 bits per heavy atom. The lowest BCUT2D eigenvalue weighted by Gasteiger charge is -2.21. The Hall–Kier alpha value is -4.13. The van der Waals surface area contributed by atoms with Gasteiger partial charge < -0.3 is 14.2 Å². The number of para-hydroxylation sites is 1. The summed E-state index contributed by atoms with van der Waals surface area (Å²) in [6.45, 7) is 0.308. The zero-order valence-electron chi connectivity index (χ0n) is 18.0. The summed E-state index contributed by atoms with van der Waals surface area (Å²) in [6.07, 6.45) is 3.38. The molecule has 7 nitrogen and oxygen atoms in total. The molecule has 0 aliphatic heterocycles. The number of likely N-dealkylation sites (N-methyl/N-ethyl adjacent to an activating group) is 2. The first-order valence-electron chi connectivity index (χ1n) is 10.3. The summed E-state index contributed by atoms with van der Waals surface area (Å²) in [6, 6.07) is 22.9. The lowest BCUT2D eigenvalue weighted by Crippen LogP contribution is -2.39. The number of hydrogen-bond acceptors (Lipinski definition) is 4. The molecule has 0 N–H and O–H groups in total. The molecule has 162 valence electrons. The highest BCUT2D eigenvalue weighted by Crippen LogP contribution is 2.24. The molecule has 0 bridgehead atoms. The molecule has 2 aromatic carbocycles. The molecule has 0 fully saturated rings. The molecule has 7 heteroatoms. The number of benzene rings is 2. The molecule has 4 aromatic rings. The standard InChI is InChI=1S/C25H24N4O3/c1-27(23(30)18-28(2)25(31)22-14-9-15-32-22)16-20-17-29(21-12-7-4-8-13-21)26-24(20)19-10-5-3-6-11-19/h3-15,17H,16,18H2,1-2H3. The van der Waals surface area contributed by atoms with E-state index in [0.29, 0.717) is 6.54 Å². The zero-order valence-corrected chi connectivity index (χ0v) is 18.0. The normalized spacial score (nSPS) is 10.7. The number of aromatic nitrogens is 2. The van der Waals surface area contributed by atoms with Gasteiger partial charge in [0.15, 0.2) is 5.76 Å². The Bertz CT molecular complexity index is 1180. The molecule has 0 radical (unpaired) electrons. The molecule has 0 saturated carbocycles. The van der Waals surface area contributed by atoms with Crippen molar-refractivity contribution in [2.45, 2.75) is 6.54 Å². The predicted molar refractivity (Wildman–Crippen MR) is 121 cm³/mol. The van der Waals surface area contributed by atoms with Gasteiger partial charge in [-0.25, -0.2) is 4.68 Å². The largest absolute Gasteiger partial charge is 0.459 e. The second-order valence-corrected chi connectivity index (χ2v) is 7.54. The number of nitrogens with zero attached hydrogens (tertiary/aromatic N) is 4. The lowest BCUT2D eigenvalue weighted by atomic mass is 10.1. The molecule has 32 heavy (non-hydrogen) atoms. The number of carbonyl (C=O) groups excluding carboxylic acids is 2. The van der Waals surface area contributed by atoms with Gasteiger partial charge in [0.1, 0.15) is 0 Å². The van der Waals surface area contributed by atoms with Crippen LogP contribution in [0.25, 0.3) is 16.9 Å². The Balaban J connectivity index is 1.54. The molecule has 0 spiro atoms. The molecule has 0 saturated heterocycles. The van der Waals surface area contributed by atoms with Gasteiger partial charge in [0, 0.05) is 38.0 Å². The fourth-order valence-corrected chi connectivity index (χ4v) is 3.40. The van der Waals surface area contributed by atoms with Crippen molar-refractivity contribution >= 4 is 11.8 Å². The topological polar surface area (TPSA) is 71.6 Å². The number of hydrogen-bond donors (Lipinski definition) is 0. The summed E-state index contributed by atoms with van der Waals surface area (Å²) >= 11 is 0. The first kappa shape index (κ1) is 21.1. The van der Waals surface area contributed by atoms with Crippen molar-refractivity contribution in [1.29, 1.82) is 0 Å². The van der Waals surface area contributed by atoms with E-state index in [0.717, 1.165) is 22.5 Å². The summed E-state index contributed by atoms with van der Waals surface area (Å²) in [7, 11) is 3.31. The van der Waals surface area contributed by atoms with Crippen LogP contribution in [0.1, 0.15) is 16.1 Å². The maximum atomic E-state index is 12.8. The minimum absolute atomic E-state index is 0.0521. The minimum Gasteiger partial charge on any atom is -0.459 e. The summed E-state index contributed by atoms with van der Waals surface area (Å²) in [5, 5.41) is 4.79. The van der Waals surface area contributed by atoms with E-state index in [4.69, 9.17) is 9.52 Å². The number of amides is 2. The number of rotatable bonds is 7. The molecule has 2 heterocycles. The van der Waals surface area contributed by atoms with Crippen LogP contribution in [0, 0.1) is 0 Å². The van der Waals surface area contributed by atoms with Crippen LogP contribution in [0.15, 0.2) is 89.7 Å². The monoisotopic (exact) mass is 428 g/mol. The Morgan fingerprint density at radius 2 is 1.59 bits per heavy atom. The molecule has 2 amide bonds. The van der Waals surface area contributed by atoms with Crippen LogP contribution in [-0.4, -0.2) is 52.0 Å². The van der Waals surface area contributed by atoms with E-state index in [1.54, 1.807) is 31.1 Å². The Labute approximate surface area is 186 Å². The van der Waals surface area contributed by atoms with Crippen LogP contribution < -0.4 is 0 Å². The average Bonchev–Trinajstić information content (AvgIpc) is 3.50. The van der Waals surface area contributed by atoms with Crippen molar-refractivity contribution in [1.82, 2.24) is 19.6 Å². The third-order valence-electron chi connectivity index (χ3n) is 5.14. The Kier molecular flexibility index (Phi) is 6.17. The van der Waals surface area contributed by atoms with Gasteiger partial charge in [-0.05, 0) is 24.3 Å². The molecule has 0 aliphatic rings. The molecular formula is C25H24N4O3. The van der Waals surface area contributed by atoms with Gasteiger partial charge in [-0.3, -0.25) is 9.59 Å². The van der Waals surface area contributed by atoms with Crippen LogP contribution in [0.5, 0.6) is 0 Å². The molecule has 0 atom stereocenters. The molecule has 2 aromatic heterocycles. The summed E-state index contributed by atoms with van der Waals surface area (Å²) in [4.78, 5) is 28.2. The average molecular weight is 428 g/mol. The van der Waals surface area contributed by atoms with Crippen molar-refractivity contribution in [2.75, 3.05) is 20.6 Å². The first-order valence-corrected chi connectivity index (χ1v) is 10.3. The van der Waals surface area contributed by atoms with E-state index in [1.807, 2.05) is 71.5 Å². The van der Waals surface area contributed by atoms with E-state index < -0.39 is 0 Å². The van der Waals surface area contributed by atoms with Crippen LogP contribution in [-0.2, 0) is 11.3 Å². The number of carbonyl (C=O) groups is 2. The minimum atomic E-state index is -0.335. The second-order valence-electron chi connectivity index (χ2n) is 7.54. The van der Waals surface area contributed by atoms with Crippen molar-refractivity contribution in [3.63, 3.8) is 0 Å². The van der Waals surface area contributed by atoms with Crippen LogP contribution >= 0.6 is 0 Å². The van der Waals surface area contributed by atoms with E-state index in [-0.39, 0.29) is 24.1 Å². The summed E-state index contributed by atoms with van der Waals surface area (Å²) < 4.78 is 6.96. The van der Waals surface area contributed by atoms with Crippen LogP contribution in [0.4, 0.5) is 0 Å². The van der Waals surface area contributed by atoms with Gasteiger partial charge in [0.2, 0.25) is 5.91 Å². The lowest BCUT2D eigenvalue weighted by molar-refractivity contribution is -0.130. The van der Waals surface area contributed by atoms with Crippen molar-refractivity contribution in [2.24, 2.45) is 0 Å². The van der Waals surface area contributed by atoms with Crippen molar-refractivity contribution in [3.8, 4) is 16.9 Å². The summed E-state index contributed by atoms with van der Waals surface area (Å²) in [5.74, 6) is -0.309. The maximum Gasteiger partial charge on any atom is 0.289 e. The smallest absolute Gasteiger partial charge is 0.289 e. The van der Waals surface area contributed by atoms with E-state index in [2.05, 4.69) is 0 Å². The molecular weight excluding hydrogens is 404 g/mol. The quantitative estimate of drug-likeness (QED) is 0.448. The first-order chi connectivity index (χ1) is 15.5. The van der Waals surface area contributed by atoms with Crippen molar-refractivity contribution in [3.05, 3.63) is 96.6 Å². The van der Waals surface area contributed by atoms with E-state index >= 15 is 0 Å². The fourth-order valence-electron chi connectivity index (χ4n) is 3.40. The molecule has 0 aliphatic carbocycles. The van der Waals surface area contributed by atoms with Gasteiger partial charge in [0.05, 0.1) is 24.2 Å². The highest BCUT2D eigenvalue weighted by molar-refractivity contribution is 5.94. The third kappa shape index (κ3) is 4.62. The fraction of sp³-hybridized carbons (Fsp3) is 0.160. The second kappa shape index (κ2) is 9.34. The molecule has 0 unspecified atom stereocenters. The van der Waals surface area contributed by atoms with Gasteiger partial charge in [-0.2, -0.15) is 5.10 Å². The van der Waals surface area contributed by atoms with Gasteiger partial charge in [-0.15, -0.1) is 0 Å². The van der Waals surface area contributed by atoms with Gasteiger partial charge in [0.25, 0.3) is 5.91 Å². The predicted octanol–water partition coefficient (Wildman–Crippen LogP) is 3.86. The van der Waals surface area contributed by atoms with Gasteiger partial charge in [-0.1, -0.05) is 48.5 Å². The summed E-state index contributed by atoms with van der Waals surface area (Å²) in [5.41, 5.74) is 3.64. The van der Waals surface area contributed by atoms with Crippen molar-refractivity contribution < 1.29 is 14.0 Å². The highest BCUT2D eigenvalue weighted by Gasteiger charge is 2.21. The van der Waals surface area contributed by atoms with Crippen LogP contribution in [0.2, 0.25) is 0 Å². The maximum absolute atomic E-state index is 12.8. The number of furan rings is 1. The zero-order chi connectivity index (χ0) is 22.5. The molecule has 4 rings (SSSR count). The Morgan fingerprint density at radius 3 is 2.25 bits per heavy atom.